The van der Waals surface area contributed by atoms with Crippen molar-refractivity contribution in [2.75, 3.05) is 18.4 Å². The number of nitrogens with zero attached hydrogens (tertiary/aromatic N) is 3. The van der Waals surface area contributed by atoms with E-state index in [4.69, 9.17) is 0 Å². The van der Waals surface area contributed by atoms with Crippen LogP contribution in [-0.4, -0.2) is 34.0 Å². The van der Waals surface area contributed by atoms with Gasteiger partial charge in [0, 0.05) is 38.8 Å². The molecule has 7 heteroatoms. The Morgan fingerprint density at radius 2 is 1.84 bits per heavy atom. The van der Waals surface area contributed by atoms with Crippen LogP contribution in [0.3, 0.4) is 0 Å². The minimum absolute atomic E-state index is 0.158. The molecule has 1 saturated heterocycles. The summed E-state index contributed by atoms with van der Waals surface area (Å²) in [5.74, 6) is -2.96. The van der Waals surface area contributed by atoms with E-state index in [9.17, 15) is 13.2 Å². The number of hydrogen-bond donors (Lipinski definition) is 1. The van der Waals surface area contributed by atoms with Gasteiger partial charge in [0.15, 0.2) is 0 Å². The van der Waals surface area contributed by atoms with Crippen molar-refractivity contribution < 1.29 is 13.2 Å². The summed E-state index contributed by atoms with van der Waals surface area (Å²) in [6.07, 6.45) is 3.10. The minimum atomic E-state index is -2.97. The molecule has 1 N–H and O–H groups in total. The Hall–Kier alpha value is -2.15. The number of nitrogens with one attached hydrogen (secondary N) is 1. The van der Waals surface area contributed by atoms with Gasteiger partial charge >= 0.3 is 0 Å². The topological polar surface area (TPSA) is 41.1 Å². The molecular weight excluding hydrogens is 329 g/mol. The van der Waals surface area contributed by atoms with Crippen LogP contribution < -0.4 is 5.32 Å². The summed E-state index contributed by atoms with van der Waals surface area (Å²) in [5.41, 5.74) is 0.799. The van der Waals surface area contributed by atoms with Crippen LogP contribution in [0.4, 0.5) is 19.1 Å². The molecule has 134 valence electrons. The third-order valence-electron chi connectivity index (χ3n) is 4.35. The average Bonchev–Trinajstić information content (AvgIpc) is 2.58. The van der Waals surface area contributed by atoms with E-state index in [1.165, 1.54) is 24.4 Å². The van der Waals surface area contributed by atoms with Crippen molar-refractivity contribution in [2.24, 2.45) is 0 Å². The van der Waals surface area contributed by atoms with Gasteiger partial charge in [-0.3, -0.25) is 4.90 Å². The average molecular weight is 350 g/mol. The summed E-state index contributed by atoms with van der Waals surface area (Å²) in [6.45, 7) is 3.35. The Kier molecular flexibility index (Phi) is 5.22. The Bertz CT molecular complexity index is 692. The maximum absolute atomic E-state index is 13.3. The van der Waals surface area contributed by atoms with Crippen molar-refractivity contribution in [1.82, 2.24) is 14.9 Å². The van der Waals surface area contributed by atoms with Crippen molar-refractivity contribution in [3.8, 4) is 0 Å². The molecule has 3 rings (SSSR count). The molecule has 4 nitrogen and oxygen atoms in total. The molecule has 0 radical (unpaired) electrons. The van der Waals surface area contributed by atoms with Crippen molar-refractivity contribution in [1.29, 1.82) is 0 Å². The Balaban J connectivity index is 1.52. The van der Waals surface area contributed by atoms with E-state index in [1.54, 1.807) is 12.1 Å². The van der Waals surface area contributed by atoms with Crippen molar-refractivity contribution in [2.45, 2.75) is 38.3 Å². The van der Waals surface area contributed by atoms with Gasteiger partial charge in [-0.05, 0) is 36.6 Å². The summed E-state index contributed by atoms with van der Waals surface area (Å²) in [6, 6.07) is 7.92. The molecule has 1 aromatic heterocycles. The zero-order valence-corrected chi connectivity index (χ0v) is 14.1. The predicted octanol–water partition coefficient (Wildman–Crippen LogP) is 3.80. The molecule has 1 aliphatic rings. The van der Waals surface area contributed by atoms with Crippen LogP contribution in [0.1, 0.15) is 31.0 Å². The van der Waals surface area contributed by atoms with Gasteiger partial charge in [0.2, 0.25) is 5.95 Å². The molecular formula is C18H21F3N4. The molecule has 1 aromatic carbocycles. The second-order valence-corrected chi connectivity index (χ2v) is 6.48. The van der Waals surface area contributed by atoms with Crippen LogP contribution in [-0.2, 0) is 12.5 Å². The zero-order chi connectivity index (χ0) is 17.9. The number of likely N-dealkylation sites (tertiary alicyclic amines) is 1. The van der Waals surface area contributed by atoms with Gasteiger partial charge in [0.25, 0.3) is 5.92 Å². The van der Waals surface area contributed by atoms with Crippen LogP contribution in [0.2, 0.25) is 0 Å². The number of benzene rings is 1. The Morgan fingerprint density at radius 3 is 2.48 bits per heavy atom. The fourth-order valence-electron chi connectivity index (χ4n) is 2.94. The monoisotopic (exact) mass is 350 g/mol. The quantitative estimate of drug-likeness (QED) is 0.890. The van der Waals surface area contributed by atoms with Crippen LogP contribution in [0.15, 0.2) is 36.5 Å². The highest BCUT2D eigenvalue weighted by Gasteiger charge is 2.27. The molecule has 1 aliphatic heterocycles. The summed E-state index contributed by atoms with van der Waals surface area (Å²) < 4.78 is 39.6. The second kappa shape index (κ2) is 7.39. The summed E-state index contributed by atoms with van der Waals surface area (Å²) in [5, 5.41) is 3.15. The van der Waals surface area contributed by atoms with Crippen molar-refractivity contribution >= 4 is 5.95 Å². The number of alkyl halides is 2. The van der Waals surface area contributed by atoms with Crippen molar-refractivity contribution in [3.63, 3.8) is 0 Å². The Labute approximate surface area is 145 Å². The van der Waals surface area contributed by atoms with E-state index < -0.39 is 5.92 Å². The summed E-state index contributed by atoms with van der Waals surface area (Å²) in [7, 11) is 0. The van der Waals surface area contributed by atoms with Gasteiger partial charge in [-0.15, -0.1) is 0 Å². The number of anilines is 1. The lowest BCUT2D eigenvalue weighted by atomic mass is 10.0. The van der Waals surface area contributed by atoms with Crippen LogP contribution >= 0.6 is 0 Å². The number of piperidine rings is 1. The third kappa shape index (κ3) is 4.92. The van der Waals surface area contributed by atoms with Crippen LogP contribution in [0.5, 0.6) is 0 Å². The van der Waals surface area contributed by atoms with E-state index in [0.717, 1.165) is 45.0 Å². The normalized spacial score (nSPS) is 16.8. The maximum atomic E-state index is 13.3. The number of halogens is 3. The van der Waals surface area contributed by atoms with E-state index in [1.807, 2.05) is 0 Å². The lowest BCUT2D eigenvalue weighted by Gasteiger charge is -2.32. The molecule has 2 heterocycles. The van der Waals surface area contributed by atoms with Gasteiger partial charge in [-0.1, -0.05) is 12.1 Å². The Morgan fingerprint density at radius 1 is 1.16 bits per heavy atom. The maximum Gasteiger partial charge on any atom is 0.287 e. The standard InChI is InChI=1S/C18H21F3N4/c1-18(20,21)16-6-9-22-17(24-16)23-15-7-10-25(11-8-15)12-13-2-4-14(19)5-3-13/h2-6,9,15H,7-8,10-12H2,1H3,(H,22,23,24). The van der Waals surface area contributed by atoms with Crippen molar-refractivity contribution in [3.05, 3.63) is 53.6 Å². The van der Waals surface area contributed by atoms with Gasteiger partial charge < -0.3 is 5.32 Å². The van der Waals surface area contributed by atoms with Crippen LogP contribution in [0, 0.1) is 5.82 Å². The molecule has 1 fully saturated rings. The van der Waals surface area contributed by atoms with E-state index in [2.05, 4.69) is 20.2 Å². The highest BCUT2D eigenvalue weighted by molar-refractivity contribution is 5.28. The fraction of sp³-hybridized carbons (Fsp3) is 0.444. The fourth-order valence-corrected chi connectivity index (χ4v) is 2.94. The first-order chi connectivity index (χ1) is 11.9. The molecule has 0 saturated carbocycles. The third-order valence-corrected chi connectivity index (χ3v) is 4.35. The molecule has 0 aliphatic carbocycles. The first-order valence-electron chi connectivity index (χ1n) is 8.35. The lowest BCUT2D eigenvalue weighted by Crippen LogP contribution is -2.39. The van der Waals surface area contributed by atoms with Gasteiger partial charge in [0.1, 0.15) is 11.5 Å². The smallest absolute Gasteiger partial charge is 0.287 e. The zero-order valence-electron chi connectivity index (χ0n) is 14.1. The SMILES string of the molecule is CC(F)(F)c1ccnc(NC2CCN(Cc3ccc(F)cc3)CC2)n1. The van der Waals surface area contributed by atoms with Crippen LogP contribution in [0.25, 0.3) is 0 Å². The van der Waals surface area contributed by atoms with E-state index >= 15 is 0 Å². The highest BCUT2D eigenvalue weighted by Crippen LogP contribution is 2.25. The molecule has 0 amide bonds. The van der Waals surface area contributed by atoms with E-state index in [0.29, 0.717) is 0 Å². The summed E-state index contributed by atoms with van der Waals surface area (Å²) in [4.78, 5) is 10.2. The predicted molar refractivity (Wildman–Crippen MR) is 89.9 cm³/mol. The van der Waals surface area contributed by atoms with Gasteiger partial charge in [-0.25, -0.2) is 14.4 Å². The summed E-state index contributed by atoms with van der Waals surface area (Å²) >= 11 is 0. The molecule has 2 aromatic rings. The van der Waals surface area contributed by atoms with Gasteiger partial charge in [-0.2, -0.15) is 8.78 Å². The molecule has 25 heavy (non-hydrogen) atoms. The number of hydrogen-bond acceptors (Lipinski definition) is 4. The number of aromatic nitrogens is 2. The van der Waals surface area contributed by atoms with Gasteiger partial charge in [0.05, 0.1) is 0 Å². The lowest BCUT2D eigenvalue weighted by molar-refractivity contribution is 0.0127. The molecule has 0 bridgehead atoms. The first kappa shape index (κ1) is 17.7. The second-order valence-electron chi connectivity index (χ2n) is 6.48. The molecule has 0 unspecified atom stereocenters. The largest absolute Gasteiger partial charge is 0.351 e. The number of rotatable bonds is 5. The molecule has 0 atom stereocenters. The first-order valence-corrected chi connectivity index (χ1v) is 8.35. The highest BCUT2D eigenvalue weighted by atomic mass is 19.3. The van der Waals surface area contributed by atoms with E-state index in [-0.39, 0.29) is 23.5 Å². The molecule has 0 spiro atoms. The minimum Gasteiger partial charge on any atom is -0.351 e.